The fourth-order valence-electron chi connectivity index (χ4n) is 3.30. The SMILES string of the molecule is COc1cccc(/C=C(/C(=O)NCc2cc(OC)c(OC)cc2OC)c2ccccc2)c1. The summed E-state index contributed by atoms with van der Waals surface area (Å²) in [5.41, 5.74) is 2.99. The van der Waals surface area contributed by atoms with Crippen molar-refractivity contribution in [2.45, 2.75) is 6.54 Å². The molecule has 0 saturated carbocycles. The zero-order valence-electron chi connectivity index (χ0n) is 18.7. The summed E-state index contributed by atoms with van der Waals surface area (Å²) in [7, 11) is 6.32. The molecule has 0 aliphatic carbocycles. The number of hydrogen-bond acceptors (Lipinski definition) is 5. The molecule has 0 fully saturated rings. The first-order valence-electron chi connectivity index (χ1n) is 10.1. The van der Waals surface area contributed by atoms with Crippen LogP contribution in [-0.4, -0.2) is 34.3 Å². The second kappa shape index (κ2) is 10.9. The van der Waals surface area contributed by atoms with Gasteiger partial charge in [0.2, 0.25) is 0 Å². The van der Waals surface area contributed by atoms with E-state index in [2.05, 4.69) is 5.32 Å². The van der Waals surface area contributed by atoms with Gasteiger partial charge >= 0.3 is 0 Å². The molecule has 1 amide bonds. The Labute approximate surface area is 188 Å². The number of ether oxygens (including phenoxy) is 4. The first-order chi connectivity index (χ1) is 15.6. The van der Waals surface area contributed by atoms with Gasteiger partial charge in [0.15, 0.2) is 11.5 Å². The Morgan fingerprint density at radius 3 is 2.12 bits per heavy atom. The molecule has 6 heteroatoms. The number of amides is 1. The Balaban J connectivity index is 1.90. The highest BCUT2D eigenvalue weighted by Gasteiger charge is 2.16. The number of rotatable bonds is 9. The molecular formula is C26H27NO5. The van der Waals surface area contributed by atoms with E-state index in [9.17, 15) is 4.79 Å². The number of benzene rings is 3. The molecule has 0 unspecified atom stereocenters. The van der Waals surface area contributed by atoms with Crippen LogP contribution < -0.4 is 24.3 Å². The molecule has 3 rings (SSSR count). The van der Waals surface area contributed by atoms with Crippen molar-refractivity contribution in [1.29, 1.82) is 0 Å². The van der Waals surface area contributed by atoms with Crippen molar-refractivity contribution in [3.05, 3.63) is 83.4 Å². The first kappa shape index (κ1) is 22.7. The highest BCUT2D eigenvalue weighted by atomic mass is 16.5. The molecule has 0 aliphatic rings. The van der Waals surface area contributed by atoms with Crippen LogP contribution in [0.2, 0.25) is 0 Å². The molecule has 3 aromatic rings. The third kappa shape index (κ3) is 5.40. The molecular weight excluding hydrogens is 406 g/mol. The molecule has 0 atom stereocenters. The Hall–Kier alpha value is -3.93. The number of hydrogen-bond donors (Lipinski definition) is 1. The lowest BCUT2D eigenvalue weighted by molar-refractivity contribution is -0.115. The predicted octanol–water partition coefficient (Wildman–Crippen LogP) is 4.58. The van der Waals surface area contributed by atoms with E-state index in [1.54, 1.807) is 40.6 Å². The van der Waals surface area contributed by atoms with Gasteiger partial charge < -0.3 is 24.3 Å². The average molecular weight is 434 g/mol. The van der Waals surface area contributed by atoms with Crippen LogP contribution in [0.15, 0.2) is 66.7 Å². The smallest absolute Gasteiger partial charge is 0.252 e. The summed E-state index contributed by atoms with van der Waals surface area (Å²) in [4.78, 5) is 13.2. The lowest BCUT2D eigenvalue weighted by Crippen LogP contribution is -2.24. The second-order valence-corrected chi connectivity index (χ2v) is 6.90. The van der Waals surface area contributed by atoms with Gasteiger partial charge in [-0.25, -0.2) is 0 Å². The predicted molar refractivity (Wildman–Crippen MR) is 125 cm³/mol. The second-order valence-electron chi connectivity index (χ2n) is 6.90. The summed E-state index contributed by atoms with van der Waals surface area (Å²) < 4.78 is 21.5. The molecule has 166 valence electrons. The molecule has 0 radical (unpaired) electrons. The standard InChI is InChI=1S/C26H27NO5/c1-29-21-12-8-9-18(13-21)14-22(19-10-6-5-7-11-19)26(28)27-17-20-15-24(31-3)25(32-4)16-23(20)30-2/h5-16H,17H2,1-4H3,(H,27,28)/b22-14+. The minimum atomic E-state index is -0.212. The largest absolute Gasteiger partial charge is 0.497 e. The van der Waals surface area contributed by atoms with Crippen molar-refractivity contribution in [2.75, 3.05) is 28.4 Å². The van der Waals surface area contributed by atoms with Gasteiger partial charge in [0, 0.05) is 23.7 Å². The average Bonchev–Trinajstić information content (AvgIpc) is 2.85. The van der Waals surface area contributed by atoms with Gasteiger partial charge in [-0.05, 0) is 35.4 Å². The molecule has 0 saturated heterocycles. The van der Waals surface area contributed by atoms with Crippen LogP contribution in [-0.2, 0) is 11.3 Å². The summed E-state index contributed by atoms with van der Waals surface area (Å²) in [6, 6.07) is 20.6. The quantitative estimate of drug-likeness (QED) is 0.395. The molecule has 6 nitrogen and oxygen atoms in total. The van der Waals surface area contributed by atoms with Crippen LogP contribution in [0.5, 0.6) is 23.0 Å². The van der Waals surface area contributed by atoms with E-state index in [4.69, 9.17) is 18.9 Å². The van der Waals surface area contributed by atoms with Crippen LogP contribution in [0.4, 0.5) is 0 Å². The normalized spacial score (nSPS) is 10.9. The Morgan fingerprint density at radius 1 is 0.781 bits per heavy atom. The summed E-state index contributed by atoms with van der Waals surface area (Å²) in [6.07, 6.45) is 1.85. The highest BCUT2D eigenvalue weighted by molar-refractivity contribution is 6.24. The van der Waals surface area contributed by atoms with Crippen LogP contribution in [0.1, 0.15) is 16.7 Å². The highest BCUT2D eigenvalue weighted by Crippen LogP contribution is 2.34. The first-order valence-corrected chi connectivity index (χ1v) is 10.1. The fourth-order valence-corrected chi connectivity index (χ4v) is 3.30. The Morgan fingerprint density at radius 2 is 1.47 bits per heavy atom. The molecule has 32 heavy (non-hydrogen) atoms. The van der Waals surface area contributed by atoms with Crippen LogP contribution >= 0.6 is 0 Å². The topological polar surface area (TPSA) is 66.0 Å². The molecule has 0 bridgehead atoms. The molecule has 0 aromatic heterocycles. The van der Waals surface area contributed by atoms with Crippen LogP contribution in [0.25, 0.3) is 11.6 Å². The monoisotopic (exact) mass is 433 g/mol. The van der Waals surface area contributed by atoms with Gasteiger partial charge in [0.25, 0.3) is 5.91 Å². The Kier molecular flexibility index (Phi) is 7.75. The van der Waals surface area contributed by atoms with Gasteiger partial charge in [-0.2, -0.15) is 0 Å². The van der Waals surface area contributed by atoms with Gasteiger partial charge in [-0.1, -0.05) is 42.5 Å². The third-order valence-corrected chi connectivity index (χ3v) is 4.96. The van der Waals surface area contributed by atoms with E-state index >= 15 is 0 Å². The number of methoxy groups -OCH3 is 4. The zero-order valence-corrected chi connectivity index (χ0v) is 18.7. The maximum absolute atomic E-state index is 13.2. The van der Waals surface area contributed by atoms with E-state index in [0.29, 0.717) is 22.8 Å². The minimum Gasteiger partial charge on any atom is -0.497 e. The van der Waals surface area contributed by atoms with E-state index in [1.807, 2.05) is 60.7 Å². The lowest BCUT2D eigenvalue weighted by atomic mass is 10.0. The van der Waals surface area contributed by atoms with Crippen molar-refractivity contribution in [3.8, 4) is 23.0 Å². The summed E-state index contributed by atoms with van der Waals surface area (Å²) in [5, 5.41) is 3.00. The fraction of sp³-hybridized carbons (Fsp3) is 0.192. The minimum absolute atomic E-state index is 0.212. The zero-order chi connectivity index (χ0) is 22.9. The van der Waals surface area contributed by atoms with Gasteiger partial charge in [0.1, 0.15) is 11.5 Å². The van der Waals surface area contributed by atoms with E-state index in [0.717, 1.165) is 22.4 Å². The van der Waals surface area contributed by atoms with Crippen molar-refractivity contribution >= 4 is 17.6 Å². The van der Waals surface area contributed by atoms with Crippen molar-refractivity contribution < 1.29 is 23.7 Å². The molecule has 0 aliphatic heterocycles. The maximum Gasteiger partial charge on any atom is 0.252 e. The van der Waals surface area contributed by atoms with Crippen molar-refractivity contribution in [3.63, 3.8) is 0 Å². The molecule has 1 N–H and O–H groups in total. The molecule has 0 spiro atoms. The number of carbonyl (C=O) groups excluding carboxylic acids is 1. The number of carbonyl (C=O) groups is 1. The summed E-state index contributed by atoms with van der Waals surface area (Å²) in [6.45, 7) is 0.255. The van der Waals surface area contributed by atoms with E-state index in [-0.39, 0.29) is 12.5 Å². The molecule has 0 heterocycles. The summed E-state index contributed by atoms with van der Waals surface area (Å²) in [5.74, 6) is 2.23. The Bertz CT molecular complexity index is 1090. The van der Waals surface area contributed by atoms with Crippen molar-refractivity contribution in [1.82, 2.24) is 5.32 Å². The van der Waals surface area contributed by atoms with Crippen molar-refractivity contribution in [2.24, 2.45) is 0 Å². The molecule has 3 aromatic carbocycles. The van der Waals surface area contributed by atoms with E-state index < -0.39 is 0 Å². The van der Waals surface area contributed by atoms with Gasteiger partial charge in [-0.3, -0.25) is 4.79 Å². The van der Waals surface area contributed by atoms with E-state index in [1.165, 1.54) is 0 Å². The maximum atomic E-state index is 13.2. The summed E-state index contributed by atoms with van der Waals surface area (Å²) >= 11 is 0. The third-order valence-electron chi connectivity index (χ3n) is 4.96. The van der Waals surface area contributed by atoms with Crippen LogP contribution in [0.3, 0.4) is 0 Å². The van der Waals surface area contributed by atoms with Gasteiger partial charge in [-0.15, -0.1) is 0 Å². The number of nitrogens with one attached hydrogen (secondary N) is 1. The lowest BCUT2D eigenvalue weighted by Gasteiger charge is -2.15. The van der Waals surface area contributed by atoms with Gasteiger partial charge in [0.05, 0.1) is 28.4 Å². The van der Waals surface area contributed by atoms with Crippen LogP contribution in [0, 0.1) is 0 Å².